The molecule has 0 bridgehead atoms. The average molecular weight is 266 g/mol. The van der Waals surface area contributed by atoms with Gasteiger partial charge >= 0.3 is 0 Å². The van der Waals surface area contributed by atoms with Gasteiger partial charge in [-0.05, 0) is 54.4 Å². The molecule has 102 valence electrons. The lowest BCUT2D eigenvalue weighted by molar-refractivity contribution is 0.415. The lowest BCUT2D eigenvalue weighted by atomic mass is 10.0. The number of nitrogens with one attached hydrogen (secondary N) is 1. The maximum absolute atomic E-state index is 5.96. The van der Waals surface area contributed by atoms with Crippen molar-refractivity contribution in [1.82, 2.24) is 4.98 Å². The molecule has 20 heavy (non-hydrogen) atoms. The summed E-state index contributed by atoms with van der Waals surface area (Å²) < 4.78 is 5.20. The van der Waals surface area contributed by atoms with Crippen LogP contribution >= 0.6 is 0 Å². The van der Waals surface area contributed by atoms with Crippen molar-refractivity contribution < 1.29 is 4.74 Å². The van der Waals surface area contributed by atoms with E-state index in [1.165, 1.54) is 10.9 Å². The Morgan fingerprint density at radius 1 is 1.10 bits per heavy atom. The van der Waals surface area contributed by atoms with E-state index in [-0.39, 0.29) is 0 Å². The van der Waals surface area contributed by atoms with Gasteiger partial charge < -0.3 is 15.5 Å². The van der Waals surface area contributed by atoms with Gasteiger partial charge in [-0.1, -0.05) is 11.6 Å². The number of methoxy groups -OCH3 is 1. The number of H-pyrrole nitrogens is 1. The SMILES string of the molecule is COc1ccc(-c2[nH]c3ccc(C)cc3c2CN)cc1. The van der Waals surface area contributed by atoms with Crippen LogP contribution in [0, 0.1) is 6.92 Å². The number of aryl methyl sites for hydroxylation is 1. The fourth-order valence-corrected chi connectivity index (χ4v) is 2.58. The quantitative estimate of drug-likeness (QED) is 0.761. The van der Waals surface area contributed by atoms with Gasteiger partial charge in [0.1, 0.15) is 5.75 Å². The van der Waals surface area contributed by atoms with Crippen molar-refractivity contribution in [3.05, 3.63) is 53.6 Å². The van der Waals surface area contributed by atoms with Gasteiger partial charge in [0.2, 0.25) is 0 Å². The number of fused-ring (bicyclic) bond motifs is 1. The number of nitrogens with two attached hydrogens (primary N) is 1. The van der Waals surface area contributed by atoms with Crippen LogP contribution in [-0.4, -0.2) is 12.1 Å². The van der Waals surface area contributed by atoms with Crippen molar-refractivity contribution in [2.24, 2.45) is 5.73 Å². The summed E-state index contributed by atoms with van der Waals surface area (Å²) in [5, 5.41) is 1.21. The zero-order chi connectivity index (χ0) is 14.1. The molecule has 0 aliphatic carbocycles. The summed E-state index contributed by atoms with van der Waals surface area (Å²) in [5.41, 5.74) is 11.7. The standard InChI is InChI=1S/C17H18N2O/c1-11-3-8-16-14(9-11)15(10-18)17(19-16)12-4-6-13(20-2)7-5-12/h3-9,19H,10,18H2,1-2H3. The number of hydrogen-bond donors (Lipinski definition) is 2. The van der Waals surface area contributed by atoms with Gasteiger partial charge in [-0.2, -0.15) is 0 Å². The summed E-state index contributed by atoms with van der Waals surface area (Å²) in [7, 11) is 1.67. The molecular weight excluding hydrogens is 248 g/mol. The second-order valence-electron chi connectivity index (χ2n) is 4.96. The molecule has 0 saturated heterocycles. The van der Waals surface area contributed by atoms with Gasteiger partial charge in [0.15, 0.2) is 0 Å². The highest BCUT2D eigenvalue weighted by Gasteiger charge is 2.12. The number of ether oxygens (including phenoxy) is 1. The first kappa shape index (κ1) is 12.8. The van der Waals surface area contributed by atoms with Crippen LogP contribution in [0.4, 0.5) is 0 Å². The van der Waals surface area contributed by atoms with Crippen LogP contribution in [0.25, 0.3) is 22.2 Å². The number of aromatic nitrogens is 1. The summed E-state index contributed by atoms with van der Waals surface area (Å²) >= 11 is 0. The third kappa shape index (κ3) is 2.06. The minimum Gasteiger partial charge on any atom is -0.497 e. The molecule has 2 aromatic carbocycles. The largest absolute Gasteiger partial charge is 0.497 e. The van der Waals surface area contributed by atoms with E-state index in [9.17, 15) is 0 Å². The topological polar surface area (TPSA) is 51.0 Å². The van der Waals surface area contributed by atoms with E-state index in [0.717, 1.165) is 28.1 Å². The molecule has 0 aliphatic rings. The zero-order valence-corrected chi connectivity index (χ0v) is 11.7. The van der Waals surface area contributed by atoms with E-state index in [1.54, 1.807) is 7.11 Å². The van der Waals surface area contributed by atoms with E-state index >= 15 is 0 Å². The molecule has 0 unspecified atom stereocenters. The second-order valence-corrected chi connectivity index (χ2v) is 4.96. The maximum Gasteiger partial charge on any atom is 0.118 e. The third-order valence-electron chi connectivity index (χ3n) is 3.64. The highest BCUT2D eigenvalue weighted by atomic mass is 16.5. The molecule has 0 atom stereocenters. The Kier molecular flexibility index (Phi) is 3.20. The van der Waals surface area contributed by atoms with Gasteiger partial charge in [-0.25, -0.2) is 0 Å². The number of aromatic amines is 1. The average Bonchev–Trinajstić information content (AvgIpc) is 2.85. The first-order valence-corrected chi connectivity index (χ1v) is 6.68. The van der Waals surface area contributed by atoms with Crippen LogP contribution in [0.1, 0.15) is 11.1 Å². The van der Waals surface area contributed by atoms with Gasteiger partial charge in [-0.15, -0.1) is 0 Å². The highest BCUT2D eigenvalue weighted by molar-refractivity contribution is 5.91. The molecule has 3 rings (SSSR count). The number of benzene rings is 2. The van der Waals surface area contributed by atoms with Crippen molar-refractivity contribution in [3.63, 3.8) is 0 Å². The lowest BCUT2D eigenvalue weighted by Crippen LogP contribution is -1.97. The monoisotopic (exact) mass is 266 g/mol. The van der Waals surface area contributed by atoms with Crippen molar-refractivity contribution in [1.29, 1.82) is 0 Å². The molecule has 0 amide bonds. The molecule has 3 N–H and O–H groups in total. The summed E-state index contributed by atoms with van der Waals surface area (Å²) in [6.07, 6.45) is 0. The molecule has 3 aromatic rings. The van der Waals surface area contributed by atoms with E-state index in [4.69, 9.17) is 10.5 Å². The van der Waals surface area contributed by atoms with E-state index in [1.807, 2.05) is 12.1 Å². The van der Waals surface area contributed by atoms with Gasteiger partial charge in [0.05, 0.1) is 12.8 Å². The predicted molar refractivity (Wildman–Crippen MR) is 82.9 cm³/mol. The predicted octanol–water partition coefficient (Wildman–Crippen LogP) is 3.61. The summed E-state index contributed by atoms with van der Waals surface area (Å²) in [6, 6.07) is 14.4. The van der Waals surface area contributed by atoms with Crippen LogP contribution in [0.15, 0.2) is 42.5 Å². The number of rotatable bonds is 3. The molecule has 1 aromatic heterocycles. The second kappa shape index (κ2) is 5.02. The molecule has 0 radical (unpaired) electrons. The third-order valence-corrected chi connectivity index (χ3v) is 3.64. The smallest absolute Gasteiger partial charge is 0.118 e. The van der Waals surface area contributed by atoms with Gasteiger partial charge in [-0.3, -0.25) is 0 Å². The zero-order valence-electron chi connectivity index (χ0n) is 11.7. The Balaban J connectivity index is 2.19. The van der Waals surface area contributed by atoms with Crippen molar-refractivity contribution in [2.45, 2.75) is 13.5 Å². The minimum atomic E-state index is 0.519. The Morgan fingerprint density at radius 3 is 2.50 bits per heavy atom. The van der Waals surface area contributed by atoms with Crippen LogP contribution in [-0.2, 0) is 6.54 Å². The van der Waals surface area contributed by atoms with Crippen molar-refractivity contribution in [2.75, 3.05) is 7.11 Å². The first-order valence-electron chi connectivity index (χ1n) is 6.68. The van der Waals surface area contributed by atoms with E-state index < -0.39 is 0 Å². The van der Waals surface area contributed by atoms with Crippen LogP contribution in [0.3, 0.4) is 0 Å². The Hall–Kier alpha value is -2.26. The first-order chi connectivity index (χ1) is 9.72. The fraction of sp³-hybridized carbons (Fsp3) is 0.176. The number of hydrogen-bond acceptors (Lipinski definition) is 2. The lowest BCUT2D eigenvalue weighted by Gasteiger charge is -2.04. The fourth-order valence-electron chi connectivity index (χ4n) is 2.58. The molecule has 3 nitrogen and oxygen atoms in total. The van der Waals surface area contributed by atoms with E-state index in [2.05, 4.69) is 42.2 Å². The van der Waals surface area contributed by atoms with Gasteiger partial charge in [0.25, 0.3) is 0 Å². The molecule has 0 aliphatic heterocycles. The maximum atomic E-state index is 5.96. The van der Waals surface area contributed by atoms with E-state index in [0.29, 0.717) is 6.54 Å². The summed E-state index contributed by atoms with van der Waals surface area (Å²) in [4.78, 5) is 3.48. The Labute approximate surface area is 118 Å². The minimum absolute atomic E-state index is 0.519. The van der Waals surface area contributed by atoms with Crippen LogP contribution in [0.5, 0.6) is 5.75 Å². The summed E-state index contributed by atoms with van der Waals surface area (Å²) in [5.74, 6) is 0.856. The van der Waals surface area contributed by atoms with Crippen molar-refractivity contribution in [3.8, 4) is 17.0 Å². The van der Waals surface area contributed by atoms with Crippen molar-refractivity contribution >= 4 is 10.9 Å². The molecule has 3 heteroatoms. The highest BCUT2D eigenvalue weighted by Crippen LogP contribution is 2.31. The van der Waals surface area contributed by atoms with Crippen LogP contribution < -0.4 is 10.5 Å². The summed E-state index contributed by atoms with van der Waals surface area (Å²) in [6.45, 7) is 2.62. The molecule has 0 saturated carbocycles. The molecule has 0 spiro atoms. The Morgan fingerprint density at radius 2 is 1.85 bits per heavy atom. The molecular formula is C17H18N2O. The normalized spacial score (nSPS) is 10.9. The molecule has 0 fully saturated rings. The Bertz CT molecular complexity index is 742. The molecule has 1 heterocycles. The van der Waals surface area contributed by atoms with Crippen LogP contribution in [0.2, 0.25) is 0 Å². The van der Waals surface area contributed by atoms with Gasteiger partial charge in [0, 0.05) is 17.4 Å².